The van der Waals surface area contributed by atoms with Crippen molar-refractivity contribution in [1.29, 1.82) is 0 Å². The van der Waals surface area contributed by atoms with E-state index in [0.29, 0.717) is 13.2 Å². The number of hydrogen-bond donors (Lipinski definition) is 0. The lowest BCUT2D eigenvalue weighted by atomic mass is 10.2. The van der Waals surface area contributed by atoms with Gasteiger partial charge in [-0.1, -0.05) is 25.6 Å². The Morgan fingerprint density at radius 1 is 1.43 bits per heavy atom. The average molecular weight is 309 g/mol. The van der Waals surface area contributed by atoms with Gasteiger partial charge >= 0.3 is 0 Å². The molecule has 1 atom stereocenters. The van der Waals surface area contributed by atoms with Crippen LogP contribution in [0.5, 0.6) is 11.5 Å². The molecule has 1 aromatic carbocycles. The third kappa shape index (κ3) is 4.08. The van der Waals surface area contributed by atoms with Crippen molar-refractivity contribution in [2.45, 2.75) is 25.8 Å². The number of methoxy groups -OCH3 is 1. The van der Waals surface area contributed by atoms with Gasteiger partial charge in [0, 0.05) is 23.7 Å². The van der Waals surface area contributed by atoms with Crippen molar-refractivity contribution >= 4 is 23.3 Å². The predicted molar refractivity (Wildman–Crippen MR) is 89.0 cm³/mol. The van der Waals surface area contributed by atoms with E-state index in [0.717, 1.165) is 43.2 Å². The highest BCUT2D eigenvalue weighted by molar-refractivity contribution is 7.79. The van der Waals surface area contributed by atoms with Gasteiger partial charge < -0.3 is 19.1 Å². The molecule has 1 aromatic rings. The second-order valence-corrected chi connectivity index (χ2v) is 5.28. The summed E-state index contributed by atoms with van der Waals surface area (Å²) >= 11 is 5.10. The topological polar surface area (TPSA) is 30.9 Å². The lowest BCUT2D eigenvalue weighted by Gasteiger charge is -2.35. The molecule has 0 amide bonds. The number of nitrogens with zero attached hydrogens (tertiary/aromatic N) is 1. The summed E-state index contributed by atoms with van der Waals surface area (Å²) in [4.78, 5) is 2.24. The van der Waals surface area contributed by atoms with Crippen LogP contribution in [0.4, 0.5) is 5.69 Å². The lowest BCUT2D eigenvalue weighted by Crippen LogP contribution is -2.46. The molecule has 1 saturated heterocycles. The van der Waals surface area contributed by atoms with Gasteiger partial charge in [0.1, 0.15) is 0 Å². The van der Waals surface area contributed by atoms with Crippen LogP contribution in [0.25, 0.3) is 0 Å². The average Bonchev–Trinajstić information content (AvgIpc) is 2.55. The summed E-state index contributed by atoms with van der Waals surface area (Å²) in [5, 5.41) is 1.76. The number of thiocarbonyl (C=S) groups is 1. The van der Waals surface area contributed by atoms with Gasteiger partial charge in [-0.15, -0.1) is 0 Å². The molecule has 0 N–H and O–H groups in total. The molecule has 1 fully saturated rings. The van der Waals surface area contributed by atoms with Gasteiger partial charge in [0.15, 0.2) is 11.5 Å². The van der Waals surface area contributed by atoms with E-state index in [-0.39, 0.29) is 6.04 Å². The zero-order chi connectivity index (χ0) is 15.1. The largest absolute Gasteiger partial charge is 0.493 e. The second kappa shape index (κ2) is 8.20. The predicted octanol–water partition coefficient (Wildman–Crippen LogP) is 3.08. The Balaban J connectivity index is 2.15. The number of ether oxygens (including phenoxy) is 3. The van der Waals surface area contributed by atoms with Gasteiger partial charge in [-0.3, -0.25) is 0 Å². The highest BCUT2D eigenvalue weighted by Crippen LogP contribution is 2.33. The SMILES string of the molecule is CCCCOc1ccc(N2CCOCC2C=S)cc1OC. The molecule has 1 unspecified atom stereocenters. The number of morpholine rings is 1. The summed E-state index contributed by atoms with van der Waals surface area (Å²) in [5.74, 6) is 1.56. The summed E-state index contributed by atoms with van der Waals surface area (Å²) in [5.41, 5.74) is 1.09. The molecule has 0 aromatic heterocycles. The van der Waals surface area contributed by atoms with Crippen LogP contribution >= 0.6 is 12.2 Å². The van der Waals surface area contributed by atoms with E-state index in [2.05, 4.69) is 17.9 Å². The van der Waals surface area contributed by atoms with E-state index in [1.165, 1.54) is 0 Å². The van der Waals surface area contributed by atoms with Crippen molar-refractivity contribution in [3.8, 4) is 11.5 Å². The molecular formula is C16H23NO3S. The molecule has 0 radical (unpaired) electrons. The van der Waals surface area contributed by atoms with E-state index in [1.54, 1.807) is 12.5 Å². The van der Waals surface area contributed by atoms with Crippen LogP contribution in [0.3, 0.4) is 0 Å². The summed E-state index contributed by atoms with van der Waals surface area (Å²) in [6.07, 6.45) is 2.16. The molecule has 0 saturated carbocycles. The van der Waals surface area contributed by atoms with Gasteiger partial charge in [0.05, 0.1) is 33.0 Å². The number of hydrogen-bond acceptors (Lipinski definition) is 5. The molecule has 2 rings (SSSR count). The Morgan fingerprint density at radius 3 is 3.00 bits per heavy atom. The van der Waals surface area contributed by atoms with Crippen molar-refractivity contribution in [3.05, 3.63) is 18.2 Å². The Kier molecular flexibility index (Phi) is 6.26. The fraction of sp³-hybridized carbons (Fsp3) is 0.562. The van der Waals surface area contributed by atoms with Gasteiger partial charge in [-0.05, 0) is 18.6 Å². The number of benzene rings is 1. The maximum absolute atomic E-state index is 5.77. The van der Waals surface area contributed by atoms with Crippen LogP contribution in [0.1, 0.15) is 19.8 Å². The molecule has 4 nitrogen and oxygen atoms in total. The smallest absolute Gasteiger partial charge is 0.162 e. The quantitative estimate of drug-likeness (QED) is 0.571. The highest BCUT2D eigenvalue weighted by atomic mass is 32.1. The van der Waals surface area contributed by atoms with Crippen LogP contribution in [0, 0.1) is 0 Å². The zero-order valence-corrected chi connectivity index (χ0v) is 13.5. The molecule has 1 aliphatic heterocycles. The van der Waals surface area contributed by atoms with Gasteiger partial charge in [0.25, 0.3) is 0 Å². The van der Waals surface area contributed by atoms with Crippen LogP contribution in [0.15, 0.2) is 18.2 Å². The number of unbranched alkanes of at least 4 members (excludes halogenated alkanes) is 1. The summed E-state index contributed by atoms with van der Waals surface area (Å²) < 4.78 is 16.7. The molecule has 1 aliphatic rings. The highest BCUT2D eigenvalue weighted by Gasteiger charge is 2.22. The fourth-order valence-corrected chi connectivity index (χ4v) is 2.56. The number of anilines is 1. The lowest BCUT2D eigenvalue weighted by molar-refractivity contribution is 0.111. The molecule has 0 aliphatic carbocycles. The zero-order valence-electron chi connectivity index (χ0n) is 12.7. The third-order valence-corrected chi connectivity index (χ3v) is 3.87. The first-order valence-corrected chi connectivity index (χ1v) is 7.87. The maximum atomic E-state index is 5.77. The normalized spacial score (nSPS) is 18.4. The standard InChI is InChI=1S/C16H23NO3S/c1-3-4-8-20-15-6-5-13(10-16(15)18-2)17-7-9-19-11-14(17)12-21/h5-6,10,12,14H,3-4,7-9,11H2,1-2H3. The van der Waals surface area contributed by atoms with E-state index < -0.39 is 0 Å². The molecule has 116 valence electrons. The molecule has 1 heterocycles. The minimum absolute atomic E-state index is 0.130. The molecule has 21 heavy (non-hydrogen) atoms. The van der Waals surface area contributed by atoms with Crippen molar-refractivity contribution in [2.24, 2.45) is 0 Å². The summed E-state index contributed by atoms with van der Waals surface area (Å²) in [6.45, 7) is 5.05. The van der Waals surface area contributed by atoms with Crippen molar-refractivity contribution < 1.29 is 14.2 Å². The van der Waals surface area contributed by atoms with Gasteiger partial charge in [-0.2, -0.15) is 0 Å². The van der Waals surface area contributed by atoms with Crippen LogP contribution < -0.4 is 14.4 Å². The first kappa shape index (κ1) is 16.0. The van der Waals surface area contributed by atoms with E-state index in [9.17, 15) is 0 Å². The van der Waals surface area contributed by atoms with Crippen LogP contribution in [0.2, 0.25) is 0 Å². The molecule has 0 spiro atoms. The molecule has 0 bridgehead atoms. The van der Waals surface area contributed by atoms with E-state index >= 15 is 0 Å². The van der Waals surface area contributed by atoms with Gasteiger partial charge in [-0.25, -0.2) is 0 Å². The van der Waals surface area contributed by atoms with E-state index in [4.69, 9.17) is 26.4 Å². The maximum Gasteiger partial charge on any atom is 0.162 e. The van der Waals surface area contributed by atoms with Crippen LogP contribution in [-0.2, 0) is 4.74 Å². The fourth-order valence-electron chi connectivity index (χ4n) is 2.34. The van der Waals surface area contributed by atoms with Crippen molar-refractivity contribution in [3.63, 3.8) is 0 Å². The monoisotopic (exact) mass is 309 g/mol. The Morgan fingerprint density at radius 2 is 2.29 bits per heavy atom. The number of rotatable bonds is 7. The first-order valence-electron chi connectivity index (χ1n) is 7.40. The second-order valence-electron chi connectivity index (χ2n) is 5.01. The van der Waals surface area contributed by atoms with Crippen molar-refractivity contribution in [2.75, 3.05) is 38.4 Å². The molecule has 5 heteroatoms. The first-order chi connectivity index (χ1) is 10.3. The molecular weight excluding hydrogens is 286 g/mol. The van der Waals surface area contributed by atoms with Crippen molar-refractivity contribution in [1.82, 2.24) is 0 Å². The minimum Gasteiger partial charge on any atom is -0.493 e. The van der Waals surface area contributed by atoms with Gasteiger partial charge in [0.2, 0.25) is 0 Å². The third-order valence-electron chi connectivity index (χ3n) is 3.56. The van der Waals surface area contributed by atoms with E-state index in [1.807, 2.05) is 12.1 Å². The summed E-state index contributed by atoms with van der Waals surface area (Å²) in [7, 11) is 1.67. The Hall–Kier alpha value is -1.33. The Labute approximate surface area is 132 Å². The minimum atomic E-state index is 0.130. The Bertz CT molecular complexity index is 467. The van der Waals surface area contributed by atoms with Crippen LogP contribution in [-0.4, -0.2) is 44.9 Å². The summed E-state index contributed by atoms with van der Waals surface area (Å²) in [6, 6.07) is 6.17.